The predicted octanol–water partition coefficient (Wildman–Crippen LogP) is 1.23. The fourth-order valence-corrected chi connectivity index (χ4v) is 3.52. The monoisotopic (exact) mass is 268 g/mol. The van der Waals surface area contributed by atoms with Crippen molar-refractivity contribution in [3.63, 3.8) is 0 Å². The van der Waals surface area contributed by atoms with Gasteiger partial charge in [0.25, 0.3) is 0 Å². The number of likely N-dealkylation sites (tertiary alicyclic amines) is 1. The molecule has 5 nitrogen and oxygen atoms in total. The largest absolute Gasteiger partial charge is 0.480 e. The molecule has 2 unspecified atom stereocenters. The highest BCUT2D eigenvalue weighted by Crippen LogP contribution is 2.39. The van der Waals surface area contributed by atoms with Crippen LogP contribution in [0.2, 0.25) is 0 Å². The number of carbonyl (C=O) groups is 2. The quantitative estimate of drug-likeness (QED) is 0.804. The molecule has 2 aliphatic heterocycles. The van der Waals surface area contributed by atoms with Crippen molar-refractivity contribution in [2.45, 2.75) is 51.5 Å². The Balaban J connectivity index is 2.24. The van der Waals surface area contributed by atoms with Gasteiger partial charge < -0.3 is 15.3 Å². The lowest BCUT2D eigenvalue weighted by Gasteiger charge is -2.38. The molecule has 0 spiro atoms. The third-order valence-electron chi connectivity index (χ3n) is 4.77. The number of aliphatic carboxylic acids is 1. The standard InChI is InChI=1S/C14H24N2O3/c1-3-5-14(7-8-15-10-14)11(17)16-9-4-6-13(16,2)12(18)19/h15H,3-10H2,1-2H3,(H,18,19). The summed E-state index contributed by atoms with van der Waals surface area (Å²) in [4.78, 5) is 26.0. The Labute approximate surface area is 114 Å². The first-order valence-corrected chi connectivity index (χ1v) is 7.22. The second-order valence-electron chi connectivity index (χ2n) is 6.10. The lowest BCUT2D eigenvalue weighted by Crippen LogP contribution is -2.56. The second-order valence-corrected chi connectivity index (χ2v) is 6.10. The third-order valence-corrected chi connectivity index (χ3v) is 4.77. The summed E-state index contributed by atoms with van der Waals surface area (Å²) in [6.45, 7) is 5.87. The highest BCUT2D eigenvalue weighted by molar-refractivity contribution is 5.90. The molecule has 0 aliphatic carbocycles. The first-order chi connectivity index (χ1) is 8.96. The second kappa shape index (κ2) is 5.12. The van der Waals surface area contributed by atoms with Gasteiger partial charge in [-0.15, -0.1) is 0 Å². The topological polar surface area (TPSA) is 69.6 Å². The minimum absolute atomic E-state index is 0.0433. The third kappa shape index (κ3) is 2.24. The molecule has 0 aromatic rings. The lowest BCUT2D eigenvalue weighted by atomic mass is 9.80. The van der Waals surface area contributed by atoms with Crippen molar-refractivity contribution in [1.82, 2.24) is 10.2 Å². The van der Waals surface area contributed by atoms with E-state index in [4.69, 9.17) is 0 Å². The van der Waals surface area contributed by atoms with Crippen molar-refractivity contribution in [3.05, 3.63) is 0 Å². The van der Waals surface area contributed by atoms with Crippen LogP contribution in [0.15, 0.2) is 0 Å². The average Bonchev–Trinajstić information content (AvgIpc) is 2.97. The molecule has 2 aliphatic rings. The van der Waals surface area contributed by atoms with Crippen molar-refractivity contribution < 1.29 is 14.7 Å². The van der Waals surface area contributed by atoms with Gasteiger partial charge in [-0.25, -0.2) is 4.79 Å². The van der Waals surface area contributed by atoms with E-state index in [1.165, 1.54) is 0 Å². The van der Waals surface area contributed by atoms with Gasteiger partial charge in [0, 0.05) is 13.1 Å². The number of carboxylic acids is 1. The normalized spacial score (nSPS) is 34.7. The maximum absolute atomic E-state index is 12.9. The molecule has 108 valence electrons. The molecule has 0 bridgehead atoms. The van der Waals surface area contributed by atoms with E-state index in [0.29, 0.717) is 19.5 Å². The van der Waals surface area contributed by atoms with Crippen LogP contribution in [0.4, 0.5) is 0 Å². The average molecular weight is 268 g/mol. The van der Waals surface area contributed by atoms with Gasteiger partial charge in [-0.1, -0.05) is 13.3 Å². The summed E-state index contributed by atoms with van der Waals surface area (Å²) in [6, 6.07) is 0. The fraction of sp³-hybridized carbons (Fsp3) is 0.857. The van der Waals surface area contributed by atoms with E-state index in [0.717, 1.165) is 32.2 Å². The summed E-state index contributed by atoms with van der Waals surface area (Å²) < 4.78 is 0. The van der Waals surface area contributed by atoms with Crippen molar-refractivity contribution in [2.75, 3.05) is 19.6 Å². The van der Waals surface area contributed by atoms with Gasteiger partial charge in [0.1, 0.15) is 5.54 Å². The fourth-order valence-electron chi connectivity index (χ4n) is 3.52. The molecule has 2 rings (SSSR count). The summed E-state index contributed by atoms with van der Waals surface area (Å²) in [7, 11) is 0. The number of nitrogens with zero attached hydrogens (tertiary/aromatic N) is 1. The molecule has 19 heavy (non-hydrogen) atoms. The number of carboxylic acid groups (broad SMARTS) is 1. The minimum Gasteiger partial charge on any atom is -0.480 e. The highest BCUT2D eigenvalue weighted by Gasteiger charge is 2.52. The molecule has 0 aromatic heterocycles. The van der Waals surface area contributed by atoms with Crippen LogP contribution in [0.1, 0.15) is 46.0 Å². The van der Waals surface area contributed by atoms with Crippen LogP contribution in [0.5, 0.6) is 0 Å². The van der Waals surface area contributed by atoms with Gasteiger partial charge in [-0.3, -0.25) is 4.79 Å². The number of hydrogen-bond donors (Lipinski definition) is 2. The van der Waals surface area contributed by atoms with E-state index in [2.05, 4.69) is 12.2 Å². The minimum atomic E-state index is -1.01. The molecular weight excluding hydrogens is 244 g/mol. The Morgan fingerprint density at radius 2 is 2.11 bits per heavy atom. The first kappa shape index (κ1) is 14.3. The SMILES string of the molecule is CCCC1(C(=O)N2CCCC2(C)C(=O)O)CCNC1. The molecule has 2 heterocycles. The molecule has 0 saturated carbocycles. The Bertz CT molecular complexity index is 377. The van der Waals surface area contributed by atoms with E-state index in [1.807, 2.05) is 0 Å². The predicted molar refractivity (Wildman–Crippen MR) is 71.8 cm³/mol. The zero-order valence-electron chi connectivity index (χ0n) is 11.9. The smallest absolute Gasteiger partial charge is 0.329 e. The summed E-state index contributed by atoms with van der Waals surface area (Å²) in [5.74, 6) is -0.835. The van der Waals surface area contributed by atoms with Gasteiger partial charge >= 0.3 is 5.97 Å². The van der Waals surface area contributed by atoms with Gasteiger partial charge in [0.05, 0.1) is 5.41 Å². The van der Waals surface area contributed by atoms with E-state index < -0.39 is 11.5 Å². The van der Waals surface area contributed by atoms with Crippen LogP contribution in [0.25, 0.3) is 0 Å². The number of amides is 1. The highest BCUT2D eigenvalue weighted by atomic mass is 16.4. The van der Waals surface area contributed by atoms with Crippen molar-refractivity contribution in [1.29, 1.82) is 0 Å². The summed E-state index contributed by atoms with van der Waals surface area (Å²) in [5, 5.41) is 12.7. The summed E-state index contributed by atoms with van der Waals surface area (Å²) >= 11 is 0. The summed E-state index contributed by atoms with van der Waals surface area (Å²) in [5.41, 5.74) is -1.39. The van der Waals surface area contributed by atoms with E-state index >= 15 is 0 Å². The van der Waals surface area contributed by atoms with E-state index in [-0.39, 0.29) is 11.3 Å². The Morgan fingerprint density at radius 1 is 1.37 bits per heavy atom. The van der Waals surface area contributed by atoms with Crippen LogP contribution in [0, 0.1) is 5.41 Å². The number of rotatable bonds is 4. The number of carbonyl (C=O) groups excluding carboxylic acids is 1. The zero-order valence-corrected chi connectivity index (χ0v) is 11.9. The van der Waals surface area contributed by atoms with Crippen LogP contribution in [0.3, 0.4) is 0 Å². The Hall–Kier alpha value is -1.10. The lowest BCUT2D eigenvalue weighted by molar-refractivity contribution is -0.159. The number of hydrogen-bond acceptors (Lipinski definition) is 3. The maximum Gasteiger partial charge on any atom is 0.329 e. The maximum atomic E-state index is 12.9. The molecular formula is C14H24N2O3. The van der Waals surface area contributed by atoms with Gasteiger partial charge in [0.15, 0.2) is 0 Å². The van der Waals surface area contributed by atoms with E-state index in [1.54, 1.807) is 11.8 Å². The molecule has 1 amide bonds. The van der Waals surface area contributed by atoms with Crippen molar-refractivity contribution in [3.8, 4) is 0 Å². The Morgan fingerprint density at radius 3 is 2.63 bits per heavy atom. The number of nitrogens with one attached hydrogen (secondary N) is 1. The van der Waals surface area contributed by atoms with Crippen molar-refractivity contribution in [2.24, 2.45) is 5.41 Å². The van der Waals surface area contributed by atoms with Gasteiger partial charge in [-0.2, -0.15) is 0 Å². The Kier molecular flexibility index (Phi) is 3.85. The van der Waals surface area contributed by atoms with Crippen LogP contribution in [-0.2, 0) is 9.59 Å². The van der Waals surface area contributed by atoms with Gasteiger partial charge in [-0.05, 0) is 39.2 Å². The molecule has 5 heteroatoms. The van der Waals surface area contributed by atoms with Crippen LogP contribution < -0.4 is 5.32 Å². The first-order valence-electron chi connectivity index (χ1n) is 7.22. The molecule has 0 radical (unpaired) electrons. The van der Waals surface area contributed by atoms with Crippen LogP contribution >= 0.6 is 0 Å². The molecule has 2 N–H and O–H groups in total. The van der Waals surface area contributed by atoms with Crippen LogP contribution in [-0.4, -0.2) is 47.1 Å². The van der Waals surface area contributed by atoms with E-state index in [9.17, 15) is 14.7 Å². The molecule has 0 aromatic carbocycles. The van der Waals surface area contributed by atoms with Gasteiger partial charge in [0.2, 0.25) is 5.91 Å². The molecule has 2 saturated heterocycles. The molecule has 2 atom stereocenters. The molecule has 2 fully saturated rings. The zero-order chi connectivity index (χ0) is 14.1. The van der Waals surface area contributed by atoms with Crippen molar-refractivity contribution >= 4 is 11.9 Å². The summed E-state index contributed by atoms with van der Waals surface area (Å²) in [6.07, 6.45) is 3.95.